The Kier molecular flexibility index (Phi) is 4.28. The van der Waals surface area contributed by atoms with Gasteiger partial charge in [0.2, 0.25) is 5.90 Å². The predicted octanol–water partition coefficient (Wildman–Crippen LogP) is 4.42. The quantitative estimate of drug-likeness (QED) is 0.800. The van der Waals surface area contributed by atoms with Gasteiger partial charge in [-0.3, -0.25) is 0 Å². The molecule has 1 aliphatic heterocycles. The minimum Gasteiger partial charge on any atom is -0.475 e. The SMILES string of the molecule is CC1(C)COC(c2cccc(CCCc3ccccc3)c2)=N1. The number of aryl methyl sites for hydroxylation is 2. The van der Waals surface area contributed by atoms with Gasteiger partial charge in [0, 0.05) is 5.56 Å². The van der Waals surface area contributed by atoms with Gasteiger partial charge in [0.25, 0.3) is 0 Å². The molecule has 0 radical (unpaired) electrons. The van der Waals surface area contributed by atoms with Crippen molar-refractivity contribution in [2.45, 2.75) is 38.6 Å². The smallest absolute Gasteiger partial charge is 0.216 e. The molecule has 22 heavy (non-hydrogen) atoms. The van der Waals surface area contributed by atoms with Crippen molar-refractivity contribution in [3.63, 3.8) is 0 Å². The second-order valence-corrected chi connectivity index (χ2v) is 6.56. The van der Waals surface area contributed by atoms with E-state index in [1.165, 1.54) is 11.1 Å². The summed E-state index contributed by atoms with van der Waals surface area (Å²) >= 11 is 0. The van der Waals surface area contributed by atoms with E-state index in [9.17, 15) is 0 Å². The Morgan fingerprint density at radius 1 is 0.955 bits per heavy atom. The van der Waals surface area contributed by atoms with Crippen molar-refractivity contribution in [2.24, 2.45) is 4.99 Å². The zero-order valence-electron chi connectivity index (χ0n) is 13.4. The predicted molar refractivity (Wildman–Crippen MR) is 91.5 cm³/mol. The molecular weight excluding hydrogens is 270 g/mol. The lowest BCUT2D eigenvalue weighted by molar-refractivity contribution is 0.279. The Labute approximate surface area is 132 Å². The van der Waals surface area contributed by atoms with Gasteiger partial charge in [-0.2, -0.15) is 0 Å². The monoisotopic (exact) mass is 293 g/mol. The summed E-state index contributed by atoms with van der Waals surface area (Å²) in [5.41, 5.74) is 3.76. The van der Waals surface area contributed by atoms with Gasteiger partial charge in [-0.15, -0.1) is 0 Å². The van der Waals surface area contributed by atoms with Crippen LogP contribution in [0.4, 0.5) is 0 Å². The van der Waals surface area contributed by atoms with Crippen molar-refractivity contribution in [3.8, 4) is 0 Å². The molecule has 0 bridgehead atoms. The number of hydrogen-bond donors (Lipinski definition) is 0. The standard InChI is InChI=1S/C20H23NO/c1-20(2)15-22-19(21-20)18-13-7-12-17(14-18)11-6-10-16-8-4-3-5-9-16/h3-5,7-9,12-14H,6,10-11,15H2,1-2H3. The van der Waals surface area contributed by atoms with E-state index in [2.05, 4.69) is 73.4 Å². The third-order valence-corrected chi connectivity index (χ3v) is 3.91. The number of nitrogens with zero attached hydrogens (tertiary/aromatic N) is 1. The van der Waals surface area contributed by atoms with Gasteiger partial charge in [0.05, 0.1) is 5.54 Å². The number of hydrogen-bond acceptors (Lipinski definition) is 2. The average Bonchev–Trinajstić information content (AvgIpc) is 2.89. The van der Waals surface area contributed by atoms with Crippen LogP contribution in [-0.2, 0) is 17.6 Å². The molecule has 0 N–H and O–H groups in total. The molecule has 0 aliphatic carbocycles. The van der Waals surface area contributed by atoms with E-state index in [1.54, 1.807) is 0 Å². The molecule has 0 atom stereocenters. The average molecular weight is 293 g/mol. The Bertz CT molecular complexity index is 658. The lowest BCUT2D eigenvalue weighted by Gasteiger charge is -2.07. The highest BCUT2D eigenvalue weighted by atomic mass is 16.5. The van der Waals surface area contributed by atoms with E-state index in [-0.39, 0.29) is 5.54 Å². The van der Waals surface area contributed by atoms with Crippen molar-refractivity contribution < 1.29 is 4.74 Å². The van der Waals surface area contributed by atoms with Gasteiger partial charge in [0.1, 0.15) is 6.61 Å². The first-order valence-corrected chi connectivity index (χ1v) is 7.98. The summed E-state index contributed by atoms with van der Waals surface area (Å²) in [5.74, 6) is 0.787. The molecule has 114 valence electrons. The molecule has 2 aromatic rings. The Morgan fingerprint density at radius 2 is 1.68 bits per heavy atom. The maximum Gasteiger partial charge on any atom is 0.216 e. The van der Waals surface area contributed by atoms with Crippen LogP contribution in [0, 0.1) is 0 Å². The summed E-state index contributed by atoms with van der Waals surface area (Å²) < 4.78 is 5.73. The van der Waals surface area contributed by atoms with Crippen molar-refractivity contribution in [1.29, 1.82) is 0 Å². The summed E-state index contributed by atoms with van der Waals surface area (Å²) in [6.45, 7) is 4.87. The van der Waals surface area contributed by atoms with E-state index < -0.39 is 0 Å². The van der Waals surface area contributed by atoms with E-state index in [0.29, 0.717) is 6.61 Å². The van der Waals surface area contributed by atoms with E-state index in [0.717, 1.165) is 30.7 Å². The van der Waals surface area contributed by atoms with Crippen molar-refractivity contribution in [3.05, 3.63) is 71.3 Å². The van der Waals surface area contributed by atoms with Gasteiger partial charge in [-0.05, 0) is 56.4 Å². The molecule has 1 aliphatic rings. The van der Waals surface area contributed by atoms with Crippen LogP contribution in [0.3, 0.4) is 0 Å². The number of ether oxygens (including phenoxy) is 1. The molecule has 0 fully saturated rings. The maximum absolute atomic E-state index is 5.73. The molecule has 0 spiro atoms. The van der Waals surface area contributed by atoms with E-state index in [4.69, 9.17) is 4.74 Å². The van der Waals surface area contributed by atoms with Crippen LogP contribution in [0.1, 0.15) is 37.0 Å². The largest absolute Gasteiger partial charge is 0.475 e. The van der Waals surface area contributed by atoms with Crippen LogP contribution >= 0.6 is 0 Å². The molecule has 2 nitrogen and oxygen atoms in total. The second kappa shape index (κ2) is 6.35. The molecule has 2 aromatic carbocycles. The summed E-state index contributed by atoms with van der Waals surface area (Å²) in [7, 11) is 0. The van der Waals surface area contributed by atoms with Crippen molar-refractivity contribution in [1.82, 2.24) is 0 Å². The van der Waals surface area contributed by atoms with Crippen molar-refractivity contribution in [2.75, 3.05) is 6.61 Å². The number of rotatable bonds is 5. The molecule has 0 saturated carbocycles. The lowest BCUT2D eigenvalue weighted by atomic mass is 10.0. The van der Waals surface area contributed by atoms with Crippen LogP contribution in [0.25, 0.3) is 0 Å². The molecule has 0 amide bonds. The summed E-state index contributed by atoms with van der Waals surface area (Å²) in [6, 6.07) is 19.3. The highest BCUT2D eigenvalue weighted by molar-refractivity contribution is 5.95. The van der Waals surface area contributed by atoms with E-state index in [1.807, 2.05) is 0 Å². The van der Waals surface area contributed by atoms with E-state index >= 15 is 0 Å². The lowest BCUT2D eigenvalue weighted by Crippen LogP contribution is -2.17. The minimum atomic E-state index is -0.0986. The first-order valence-electron chi connectivity index (χ1n) is 7.98. The third kappa shape index (κ3) is 3.76. The fraction of sp³-hybridized carbons (Fsp3) is 0.350. The van der Waals surface area contributed by atoms with Crippen molar-refractivity contribution >= 4 is 5.90 Å². The topological polar surface area (TPSA) is 21.6 Å². The van der Waals surface area contributed by atoms with Crippen LogP contribution in [0.5, 0.6) is 0 Å². The van der Waals surface area contributed by atoms with Crippen LogP contribution in [0.15, 0.2) is 59.6 Å². The highest BCUT2D eigenvalue weighted by Gasteiger charge is 2.26. The van der Waals surface area contributed by atoms with Gasteiger partial charge in [-0.1, -0.05) is 42.5 Å². The molecule has 0 aromatic heterocycles. The Morgan fingerprint density at radius 3 is 2.41 bits per heavy atom. The number of benzene rings is 2. The van der Waals surface area contributed by atoms with Crippen LogP contribution in [-0.4, -0.2) is 18.0 Å². The third-order valence-electron chi connectivity index (χ3n) is 3.91. The van der Waals surface area contributed by atoms with Crippen LogP contribution < -0.4 is 0 Å². The molecule has 0 saturated heterocycles. The fourth-order valence-corrected chi connectivity index (χ4v) is 2.73. The molecular formula is C20H23NO. The Balaban J connectivity index is 1.62. The minimum absolute atomic E-state index is 0.0986. The fourth-order valence-electron chi connectivity index (χ4n) is 2.73. The van der Waals surface area contributed by atoms with Crippen LogP contribution in [0.2, 0.25) is 0 Å². The maximum atomic E-state index is 5.73. The first-order chi connectivity index (χ1) is 10.6. The van der Waals surface area contributed by atoms with Gasteiger partial charge in [0.15, 0.2) is 0 Å². The normalized spacial score (nSPS) is 16.2. The molecule has 3 rings (SSSR count). The first kappa shape index (κ1) is 14.8. The molecule has 1 heterocycles. The Hall–Kier alpha value is -2.09. The van der Waals surface area contributed by atoms with Gasteiger partial charge < -0.3 is 4.74 Å². The van der Waals surface area contributed by atoms with Gasteiger partial charge in [-0.25, -0.2) is 4.99 Å². The second-order valence-electron chi connectivity index (χ2n) is 6.56. The summed E-state index contributed by atoms with van der Waals surface area (Å²) in [5, 5.41) is 0. The highest BCUT2D eigenvalue weighted by Crippen LogP contribution is 2.21. The zero-order valence-corrected chi connectivity index (χ0v) is 13.4. The number of aliphatic imine (C=N–C) groups is 1. The summed E-state index contributed by atoms with van der Waals surface area (Å²) in [4.78, 5) is 4.65. The summed E-state index contributed by atoms with van der Waals surface area (Å²) in [6.07, 6.45) is 3.36. The molecule has 0 unspecified atom stereocenters. The zero-order chi connectivity index (χ0) is 15.4. The van der Waals surface area contributed by atoms with Gasteiger partial charge >= 0.3 is 0 Å². The molecule has 2 heteroatoms.